The summed E-state index contributed by atoms with van der Waals surface area (Å²) in [5, 5.41) is 0.729. The maximum Gasteiger partial charge on any atom is 0.126 e. The second-order valence-electron chi connectivity index (χ2n) is 6.04. The van der Waals surface area contributed by atoms with Crippen molar-refractivity contribution in [3.05, 3.63) is 106 Å². The molecular formula is C22H20ClF. The van der Waals surface area contributed by atoms with E-state index in [0.29, 0.717) is 6.42 Å². The molecule has 0 unspecified atom stereocenters. The topological polar surface area (TPSA) is 0 Å². The van der Waals surface area contributed by atoms with E-state index in [-0.39, 0.29) is 5.82 Å². The van der Waals surface area contributed by atoms with E-state index < -0.39 is 0 Å². The van der Waals surface area contributed by atoms with Gasteiger partial charge in [0.2, 0.25) is 0 Å². The molecule has 0 bridgehead atoms. The van der Waals surface area contributed by atoms with Crippen molar-refractivity contribution >= 4 is 11.6 Å². The highest BCUT2D eigenvalue weighted by atomic mass is 35.5. The molecule has 24 heavy (non-hydrogen) atoms. The van der Waals surface area contributed by atoms with Gasteiger partial charge in [-0.15, -0.1) is 0 Å². The first-order chi connectivity index (χ1) is 11.7. The van der Waals surface area contributed by atoms with E-state index in [1.54, 1.807) is 6.07 Å². The summed E-state index contributed by atoms with van der Waals surface area (Å²) in [6.07, 6.45) is 3.31. The average Bonchev–Trinajstić information content (AvgIpc) is 2.61. The Morgan fingerprint density at radius 1 is 0.625 bits per heavy atom. The van der Waals surface area contributed by atoms with Crippen LogP contribution in [0.2, 0.25) is 5.02 Å². The number of benzene rings is 3. The Balaban J connectivity index is 1.59. The summed E-state index contributed by atoms with van der Waals surface area (Å²) in [5.41, 5.74) is 4.27. The monoisotopic (exact) mass is 338 g/mol. The second kappa shape index (κ2) is 8.12. The average molecular weight is 339 g/mol. The SMILES string of the molecule is Fc1cc(CCc2ccccc2)ccc1CCc1ccc(Cl)cc1. The van der Waals surface area contributed by atoms with Gasteiger partial charge in [0.1, 0.15) is 5.82 Å². The third-order valence-corrected chi connectivity index (χ3v) is 4.51. The largest absolute Gasteiger partial charge is 0.207 e. The van der Waals surface area contributed by atoms with Crippen LogP contribution in [0.5, 0.6) is 0 Å². The summed E-state index contributed by atoms with van der Waals surface area (Å²) in [4.78, 5) is 0. The molecule has 0 aliphatic heterocycles. The zero-order chi connectivity index (χ0) is 16.8. The lowest BCUT2D eigenvalue weighted by Crippen LogP contribution is -1.98. The van der Waals surface area contributed by atoms with Gasteiger partial charge in [-0.3, -0.25) is 0 Å². The third-order valence-electron chi connectivity index (χ3n) is 4.26. The fourth-order valence-corrected chi connectivity index (χ4v) is 2.94. The molecule has 0 atom stereocenters. The molecule has 0 N–H and O–H groups in total. The highest BCUT2D eigenvalue weighted by Crippen LogP contribution is 2.16. The van der Waals surface area contributed by atoms with Gasteiger partial charge in [-0.1, -0.05) is 66.2 Å². The highest BCUT2D eigenvalue weighted by molar-refractivity contribution is 6.30. The molecule has 0 saturated carbocycles. The van der Waals surface area contributed by atoms with Crippen LogP contribution in [0, 0.1) is 5.82 Å². The molecule has 0 fully saturated rings. The van der Waals surface area contributed by atoms with E-state index in [1.165, 1.54) is 11.1 Å². The first kappa shape index (κ1) is 16.7. The zero-order valence-electron chi connectivity index (χ0n) is 13.5. The Kier molecular flexibility index (Phi) is 5.66. The van der Waals surface area contributed by atoms with Gasteiger partial charge in [-0.25, -0.2) is 4.39 Å². The Morgan fingerprint density at radius 2 is 1.21 bits per heavy atom. The molecule has 122 valence electrons. The van der Waals surface area contributed by atoms with Crippen molar-refractivity contribution in [2.75, 3.05) is 0 Å². The van der Waals surface area contributed by atoms with Crippen molar-refractivity contribution < 1.29 is 4.39 Å². The normalized spacial score (nSPS) is 10.8. The number of hydrogen-bond acceptors (Lipinski definition) is 0. The predicted octanol–water partition coefficient (Wildman–Crippen LogP) is 6.05. The highest BCUT2D eigenvalue weighted by Gasteiger charge is 2.05. The van der Waals surface area contributed by atoms with Crippen LogP contribution < -0.4 is 0 Å². The van der Waals surface area contributed by atoms with Crippen LogP contribution in [0.1, 0.15) is 22.3 Å². The molecule has 3 aromatic rings. The lowest BCUT2D eigenvalue weighted by atomic mass is 10.00. The molecule has 0 saturated heterocycles. The quantitative estimate of drug-likeness (QED) is 0.513. The zero-order valence-corrected chi connectivity index (χ0v) is 14.3. The predicted molar refractivity (Wildman–Crippen MR) is 99.1 cm³/mol. The number of rotatable bonds is 6. The molecular weight excluding hydrogens is 319 g/mol. The van der Waals surface area contributed by atoms with E-state index >= 15 is 0 Å². The summed E-state index contributed by atoms with van der Waals surface area (Å²) in [7, 11) is 0. The van der Waals surface area contributed by atoms with Crippen LogP contribution in [0.25, 0.3) is 0 Å². The van der Waals surface area contributed by atoms with Gasteiger partial charge in [-0.2, -0.15) is 0 Å². The number of hydrogen-bond donors (Lipinski definition) is 0. The Bertz CT molecular complexity index is 779. The van der Waals surface area contributed by atoms with E-state index in [4.69, 9.17) is 11.6 Å². The van der Waals surface area contributed by atoms with Crippen LogP contribution in [0.4, 0.5) is 4.39 Å². The molecule has 0 radical (unpaired) electrons. The maximum atomic E-state index is 14.3. The second-order valence-corrected chi connectivity index (χ2v) is 6.47. The van der Waals surface area contributed by atoms with Gasteiger partial charge in [0, 0.05) is 5.02 Å². The number of aryl methyl sites for hydroxylation is 4. The summed E-state index contributed by atoms with van der Waals surface area (Å²) < 4.78 is 14.3. The molecule has 3 aromatic carbocycles. The van der Waals surface area contributed by atoms with Crippen LogP contribution >= 0.6 is 11.6 Å². The first-order valence-electron chi connectivity index (χ1n) is 8.26. The van der Waals surface area contributed by atoms with Gasteiger partial charge >= 0.3 is 0 Å². The van der Waals surface area contributed by atoms with Gasteiger partial charge in [0.15, 0.2) is 0 Å². The fraction of sp³-hybridized carbons (Fsp3) is 0.182. The molecule has 0 nitrogen and oxygen atoms in total. The summed E-state index contributed by atoms with van der Waals surface area (Å²) in [6.45, 7) is 0. The van der Waals surface area contributed by atoms with Crippen LogP contribution in [-0.2, 0) is 25.7 Å². The minimum absolute atomic E-state index is 0.102. The third kappa shape index (κ3) is 4.69. The Morgan fingerprint density at radius 3 is 1.92 bits per heavy atom. The molecule has 0 aromatic heterocycles. The summed E-state index contributed by atoms with van der Waals surface area (Å²) >= 11 is 5.89. The summed E-state index contributed by atoms with van der Waals surface area (Å²) in [5.74, 6) is -0.102. The smallest absolute Gasteiger partial charge is 0.126 e. The van der Waals surface area contributed by atoms with Gasteiger partial charge in [-0.05, 0) is 66.1 Å². The minimum Gasteiger partial charge on any atom is -0.207 e. The Hall–Kier alpha value is -2.12. The first-order valence-corrected chi connectivity index (χ1v) is 8.64. The van der Waals surface area contributed by atoms with Gasteiger partial charge in [0.25, 0.3) is 0 Å². The van der Waals surface area contributed by atoms with E-state index in [9.17, 15) is 4.39 Å². The molecule has 0 spiro atoms. The van der Waals surface area contributed by atoms with Crippen molar-refractivity contribution in [3.8, 4) is 0 Å². The summed E-state index contributed by atoms with van der Waals surface area (Å²) in [6, 6.07) is 23.7. The van der Waals surface area contributed by atoms with Crippen LogP contribution in [0.3, 0.4) is 0 Å². The van der Waals surface area contributed by atoms with Crippen LogP contribution in [-0.4, -0.2) is 0 Å². The van der Waals surface area contributed by atoms with E-state index in [0.717, 1.165) is 35.4 Å². The van der Waals surface area contributed by atoms with Crippen molar-refractivity contribution in [1.82, 2.24) is 0 Å². The van der Waals surface area contributed by atoms with Crippen molar-refractivity contribution in [3.63, 3.8) is 0 Å². The molecule has 0 aliphatic carbocycles. The van der Waals surface area contributed by atoms with E-state index in [1.807, 2.05) is 54.6 Å². The molecule has 3 rings (SSSR count). The minimum atomic E-state index is -0.102. The maximum absolute atomic E-state index is 14.3. The van der Waals surface area contributed by atoms with Crippen LogP contribution in [0.15, 0.2) is 72.8 Å². The standard InChI is InChI=1S/C22H20ClF/c23-21-14-10-18(11-15-21)8-12-20-13-9-19(16-22(20)24)7-6-17-4-2-1-3-5-17/h1-5,9-11,13-16H,6-8,12H2. The van der Waals surface area contributed by atoms with Gasteiger partial charge < -0.3 is 0 Å². The fourth-order valence-electron chi connectivity index (χ4n) is 2.81. The molecule has 0 aliphatic rings. The van der Waals surface area contributed by atoms with Gasteiger partial charge in [0.05, 0.1) is 0 Å². The van der Waals surface area contributed by atoms with E-state index in [2.05, 4.69) is 12.1 Å². The van der Waals surface area contributed by atoms with Crippen molar-refractivity contribution in [2.45, 2.75) is 25.7 Å². The molecule has 0 amide bonds. The molecule has 0 heterocycles. The number of halogens is 2. The lowest BCUT2D eigenvalue weighted by molar-refractivity contribution is 0.606. The van der Waals surface area contributed by atoms with Crippen molar-refractivity contribution in [1.29, 1.82) is 0 Å². The lowest BCUT2D eigenvalue weighted by Gasteiger charge is -2.07. The Labute approximate surface area is 147 Å². The molecule has 2 heteroatoms. The van der Waals surface area contributed by atoms with Crippen molar-refractivity contribution in [2.24, 2.45) is 0 Å².